The summed E-state index contributed by atoms with van der Waals surface area (Å²) < 4.78 is 0. The molecule has 1 aromatic heterocycles. The second-order valence-electron chi connectivity index (χ2n) is 5.36. The Morgan fingerprint density at radius 3 is 2.71 bits per heavy atom. The largest absolute Gasteiger partial charge is 0.317 e. The maximum absolute atomic E-state index is 12.7. The van der Waals surface area contributed by atoms with Gasteiger partial charge in [0.05, 0.1) is 11.0 Å². The molecule has 110 valence electrons. The molecule has 8 heteroatoms. The van der Waals surface area contributed by atoms with Crippen LogP contribution in [-0.4, -0.2) is 32.3 Å². The number of aromatic nitrogens is 1. The lowest BCUT2D eigenvalue weighted by Gasteiger charge is -2.33. The molecule has 0 saturated heterocycles. The summed E-state index contributed by atoms with van der Waals surface area (Å²) in [5, 5.41) is 20.3. The average molecular weight is 309 g/mol. The molecule has 1 saturated carbocycles. The first-order valence-corrected chi connectivity index (χ1v) is 6.70. The molecule has 1 fully saturated rings. The normalized spacial score (nSPS) is 14.4. The van der Waals surface area contributed by atoms with E-state index >= 15 is 0 Å². The van der Waals surface area contributed by atoms with Gasteiger partial charge in [-0.1, -0.05) is 11.6 Å². The number of hydrogen-bond donors (Lipinski definition) is 0. The van der Waals surface area contributed by atoms with E-state index in [0.717, 1.165) is 19.0 Å². The molecule has 0 spiro atoms. The minimum Gasteiger partial charge on any atom is -0.317 e. The van der Waals surface area contributed by atoms with Crippen molar-refractivity contribution in [3.63, 3.8) is 0 Å². The van der Waals surface area contributed by atoms with E-state index in [1.165, 1.54) is 11.0 Å². The monoisotopic (exact) mass is 308 g/mol. The van der Waals surface area contributed by atoms with Crippen LogP contribution in [0, 0.1) is 21.4 Å². The number of hydrogen-bond acceptors (Lipinski definition) is 5. The molecule has 1 heterocycles. The zero-order valence-electron chi connectivity index (χ0n) is 11.5. The van der Waals surface area contributed by atoms with Gasteiger partial charge in [0, 0.05) is 6.04 Å². The highest BCUT2D eigenvalue weighted by Gasteiger charge is 2.43. The maximum atomic E-state index is 12.7. The Kier molecular flexibility index (Phi) is 3.83. The zero-order chi connectivity index (χ0) is 15.8. The molecule has 2 rings (SSSR count). The molecule has 7 nitrogen and oxygen atoms in total. The van der Waals surface area contributed by atoms with Gasteiger partial charge in [0.25, 0.3) is 11.6 Å². The summed E-state index contributed by atoms with van der Waals surface area (Å²) in [6.07, 6.45) is 2.52. The molecule has 0 radical (unpaired) electrons. The summed E-state index contributed by atoms with van der Waals surface area (Å²) in [6.45, 7) is 3.22. The number of nitriles is 1. The highest BCUT2D eigenvalue weighted by molar-refractivity contribution is 6.29. The number of carbonyl (C=O) groups excluding carboxylic acids is 1. The van der Waals surface area contributed by atoms with Gasteiger partial charge in [0.15, 0.2) is 0 Å². The molecule has 0 aliphatic heterocycles. The van der Waals surface area contributed by atoms with Gasteiger partial charge in [-0.2, -0.15) is 5.26 Å². The third-order valence-corrected chi connectivity index (χ3v) is 3.49. The zero-order valence-corrected chi connectivity index (χ0v) is 12.3. The molecule has 21 heavy (non-hydrogen) atoms. The molecule has 0 atom stereocenters. The molecule has 0 bridgehead atoms. The summed E-state index contributed by atoms with van der Waals surface area (Å²) in [4.78, 5) is 28.1. The standard InChI is InChI=1S/C13H13ClN4O3/c1-13(2,7-15)17(8-3-4-8)12(19)9-5-11(14)16-6-10(9)18(20)21/h5-6,8H,3-4H2,1-2H3. The van der Waals surface area contributed by atoms with E-state index in [1.54, 1.807) is 13.8 Å². The van der Waals surface area contributed by atoms with E-state index in [2.05, 4.69) is 11.1 Å². The van der Waals surface area contributed by atoms with Crippen LogP contribution in [0.3, 0.4) is 0 Å². The van der Waals surface area contributed by atoms with Crippen LogP contribution in [0.25, 0.3) is 0 Å². The van der Waals surface area contributed by atoms with E-state index in [0.29, 0.717) is 0 Å². The molecular weight excluding hydrogens is 296 g/mol. The van der Waals surface area contributed by atoms with Crippen LogP contribution in [0.5, 0.6) is 0 Å². The fourth-order valence-electron chi connectivity index (χ4n) is 2.13. The molecule has 0 unspecified atom stereocenters. The van der Waals surface area contributed by atoms with Crippen molar-refractivity contribution in [2.75, 3.05) is 0 Å². The number of carbonyl (C=O) groups is 1. The predicted octanol–water partition coefficient (Wildman–Crippen LogP) is 2.55. The van der Waals surface area contributed by atoms with Gasteiger partial charge in [-0.05, 0) is 32.8 Å². The van der Waals surface area contributed by atoms with Crippen molar-refractivity contribution in [1.29, 1.82) is 5.26 Å². The first-order chi connectivity index (χ1) is 9.77. The van der Waals surface area contributed by atoms with Crippen LogP contribution < -0.4 is 0 Å². The van der Waals surface area contributed by atoms with Crippen LogP contribution in [0.2, 0.25) is 5.15 Å². The fraction of sp³-hybridized carbons (Fsp3) is 0.462. The van der Waals surface area contributed by atoms with Crippen LogP contribution in [0.4, 0.5) is 5.69 Å². The van der Waals surface area contributed by atoms with E-state index in [-0.39, 0.29) is 16.8 Å². The van der Waals surface area contributed by atoms with E-state index in [9.17, 15) is 20.2 Å². The predicted molar refractivity (Wildman–Crippen MR) is 74.8 cm³/mol. The van der Waals surface area contributed by atoms with Gasteiger partial charge in [-0.3, -0.25) is 14.9 Å². The second kappa shape index (κ2) is 5.30. The number of nitro groups is 1. The number of nitrogens with zero attached hydrogens (tertiary/aromatic N) is 4. The molecule has 1 aliphatic rings. The van der Waals surface area contributed by atoms with Gasteiger partial charge in [-0.15, -0.1) is 0 Å². The molecule has 0 aromatic carbocycles. The number of rotatable bonds is 4. The van der Waals surface area contributed by atoms with Crippen molar-refractivity contribution in [2.45, 2.75) is 38.3 Å². The third kappa shape index (κ3) is 2.95. The Labute approximate surface area is 126 Å². The quantitative estimate of drug-likeness (QED) is 0.483. The summed E-state index contributed by atoms with van der Waals surface area (Å²) in [6, 6.07) is 3.16. The Bertz CT molecular complexity index is 649. The lowest BCUT2D eigenvalue weighted by molar-refractivity contribution is -0.385. The lowest BCUT2D eigenvalue weighted by Crippen LogP contribution is -2.48. The Morgan fingerprint density at radius 1 is 1.62 bits per heavy atom. The first kappa shape index (κ1) is 15.2. The SMILES string of the molecule is CC(C)(C#N)N(C(=O)c1cc(Cl)ncc1[N+](=O)[O-])C1CC1. The third-order valence-electron chi connectivity index (χ3n) is 3.28. The number of amides is 1. The number of pyridine rings is 1. The Hall–Kier alpha value is -2.20. The van der Waals surface area contributed by atoms with Gasteiger partial charge in [0.1, 0.15) is 22.5 Å². The fourth-order valence-corrected chi connectivity index (χ4v) is 2.29. The highest BCUT2D eigenvalue weighted by Crippen LogP contribution is 2.35. The summed E-state index contributed by atoms with van der Waals surface area (Å²) in [5.41, 5.74) is -1.61. The minimum absolute atomic E-state index is 0.00513. The van der Waals surface area contributed by atoms with Gasteiger partial charge in [-0.25, -0.2) is 4.98 Å². The van der Waals surface area contributed by atoms with Gasteiger partial charge >= 0.3 is 0 Å². The smallest absolute Gasteiger partial charge is 0.300 e. The van der Waals surface area contributed by atoms with E-state index in [4.69, 9.17) is 11.6 Å². The van der Waals surface area contributed by atoms with Crippen molar-refractivity contribution >= 4 is 23.2 Å². The van der Waals surface area contributed by atoms with Crippen molar-refractivity contribution < 1.29 is 9.72 Å². The first-order valence-electron chi connectivity index (χ1n) is 6.33. The molecule has 1 aliphatic carbocycles. The lowest BCUT2D eigenvalue weighted by atomic mass is 10.0. The van der Waals surface area contributed by atoms with Gasteiger partial charge < -0.3 is 4.90 Å². The minimum atomic E-state index is -1.05. The Morgan fingerprint density at radius 2 is 2.24 bits per heavy atom. The van der Waals surface area contributed by atoms with Crippen molar-refractivity contribution in [1.82, 2.24) is 9.88 Å². The molecule has 1 amide bonds. The van der Waals surface area contributed by atoms with Crippen LogP contribution >= 0.6 is 11.6 Å². The number of halogens is 1. The summed E-state index contributed by atoms with van der Waals surface area (Å²) >= 11 is 5.74. The summed E-state index contributed by atoms with van der Waals surface area (Å²) in [5.74, 6) is -0.569. The van der Waals surface area contributed by atoms with Crippen LogP contribution in [-0.2, 0) is 0 Å². The van der Waals surface area contributed by atoms with Crippen molar-refractivity contribution in [3.8, 4) is 6.07 Å². The van der Waals surface area contributed by atoms with Crippen molar-refractivity contribution in [2.24, 2.45) is 0 Å². The maximum Gasteiger partial charge on any atom is 0.300 e. The van der Waals surface area contributed by atoms with Crippen LogP contribution in [0.1, 0.15) is 37.0 Å². The Balaban J connectivity index is 2.50. The molecular formula is C13H13ClN4O3. The second-order valence-corrected chi connectivity index (χ2v) is 5.75. The van der Waals surface area contributed by atoms with E-state index in [1.807, 2.05) is 0 Å². The van der Waals surface area contributed by atoms with Gasteiger partial charge in [0.2, 0.25) is 0 Å². The molecule has 1 aromatic rings. The highest BCUT2D eigenvalue weighted by atomic mass is 35.5. The summed E-state index contributed by atoms with van der Waals surface area (Å²) in [7, 11) is 0. The topological polar surface area (TPSA) is 100 Å². The average Bonchev–Trinajstić information content (AvgIpc) is 3.22. The van der Waals surface area contributed by atoms with Crippen LogP contribution in [0.15, 0.2) is 12.3 Å². The molecule has 0 N–H and O–H groups in total. The van der Waals surface area contributed by atoms with Crippen molar-refractivity contribution in [3.05, 3.63) is 33.1 Å². The van der Waals surface area contributed by atoms with E-state index < -0.39 is 22.1 Å².